The van der Waals surface area contributed by atoms with Crippen molar-refractivity contribution in [2.45, 2.75) is 0 Å². The normalized spacial score (nSPS) is 11.7. The molecule has 13 heavy (non-hydrogen) atoms. The highest BCUT2D eigenvalue weighted by Crippen LogP contribution is 1.77. The van der Waals surface area contributed by atoms with Gasteiger partial charge in [-0.05, 0) is 0 Å². The maximum absolute atomic E-state index is 5.25. The van der Waals surface area contributed by atoms with Crippen molar-refractivity contribution in [3.8, 4) is 0 Å². The summed E-state index contributed by atoms with van der Waals surface area (Å²) in [5.41, 5.74) is 12.5. The molecule has 7 heteroatoms. The highest BCUT2D eigenvalue weighted by atomic mass is 16.5. The molecule has 0 aromatic rings. The third-order valence-corrected chi connectivity index (χ3v) is 1.16. The lowest BCUT2D eigenvalue weighted by atomic mass is 10.7. The molecule has 78 valence electrons. The van der Waals surface area contributed by atoms with E-state index in [1.54, 1.807) is 0 Å². The third-order valence-electron chi connectivity index (χ3n) is 1.16. The fraction of sp³-hybridized carbons (Fsp3) is 0.833. The van der Waals surface area contributed by atoms with Crippen LogP contribution in [0.25, 0.3) is 0 Å². The summed E-state index contributed by atoms with van der Waals surface area (Å²) in [6.07, 6.45) is 0. The Morgan fingerprint density at radius 1 is 1.23 bits per heavy atom. The summed E-state index contributed by atoms with van der Waals surface area (Å²) in [6, 6.07) is 0. The van der Waals surface area contributed by atoms with Gasteiger partial charge in [0.1, 0.15) is 0 Å². The molecule has 0 spiro atoms. The molecule has 0 aliphatic heterocycles. The van der Waals surface area contributed by atoms with Crippen molar-refractivity contribution >= 4 is 5.96 Å². The summed E-state index contributed by atoms with van der Waals surface area (Å²) < 4.78 is 9.96. The summed E-state index contributed by atoms with van der Waals surface area (Å²) >= 11 is 0. The number of rotatable bonds is 7. The molecular formula is C6H17N5O2. The Morgan fingerprint density at radius 3 is 2.54 bits per heavy atom. The molecular weight excluding hydrogens is 174 g/mol. The zero-order valence-corrected chi connectivity index (χ0v) is 7.53. The Balaban J connectivity index is 3.08. The van der Waals surface area contributed by atoms with Crippen LogP contribution < -0.4 is 22.7 Å². The van der Waals surface area contributed by atoms with Crippen molar-refractivity contribution in [1.82, 2.24) is 5.43 Å². The first-order valence-electron chi connectivity index (χ1n) is 3.93. The molecule has 0 rings (SSSR count). The fourth-order valence-electron chi connectivity index (χ4n) is 0.580. The van der Waals surface area contributed by atoms with Crippen LogP contribution in [-0.4, -0.2) is 39.1 Å². The van der Waals surface area contributed by atoms with E-state index in [-0.39, 0.29) is 12.7 Å². The first-order valence-corrected chi connectivity index (χ1v) is 3.93. The van der Waals surface area contributed by atoms with E-state index >= 15 is 0 Å². The first-order chi connectivity index (χ1) is 6.31. The van der Waals surface area contributed by atoms with Crippen molar-refractivity contribution in [3.63, 3.8) is 0 Å². The number of nitrogens with zero attached hydrogens (tertiary/aromatic N) is 1. The maximum Gasteiger partial charge on any atom is 0.203 e. The second-order valence-electron chi connectivity index (χ2n) is 2.10. The molecule has 0 heterocycles. The Bertz CT molecular complexity index is 141. The summed E-state index contributed by atoms with van der Waals surface area (Å²) in [6.45, 7) is 2.16. The Kier molecular flexibility index (Phi) is 8.57. The largest absolute Gasteiger partial charge is 0.377 e. The highest BCUT2D eigenvalue weighted by Gasteiger charge is 1.88. The van der Waals surface area contributed by atoms with Crippen molar-refractivity contribution < 1.29 is 9.47 Å². The van der Waals surface area contributed by atoms with E-state index in [2.05, 4.69) is 10.4 Å². The number of hydrogen-bond donors (Lipinski definition) is 4. The van der Waals surface area contributed by atoms with E-state index in [0.717, 1.165) is 0 Å². The lowest BCUT2D eigenvalue weighted by molar-refractivity contribution is 0.0535. The summed E-state index contributed by atoms with van der Waals surface area (Å²) in [7, 11) is 0. The molecule has 7 nitrogen and oxygen atoms in total. The second-order valence-corrected chi connectivity index (χ2v) is 2.10. The van der Waals surface area contributed by atoms with Gasteiger partial charge in [-0.2, -0.15) is 0 Å². The van der Waals surface area contributed by atoms with E-state index in [1.165, 1.54) is 0 Å². The van der Waals surface area contributed by atoms with Gasteiger partial charge in [0.15, 0.2) is 0 Å². The van der Waals surface area contributed by atoms with Crippen LogP contribution in [0.1, 0.15) is 0 Å². The first kappa shape index (κ1) is 12.1. The number of nitrogens with two attached hydrogens (primary N) is 3. The van der Waals surface area contributed by atoms with E-state index in [4.69, 9.17) is 26.8 Å². The number of aliphatic imine (C=N–C) groups is 1. The Labute approximate surface area is 77.2 Å². The van der Waals surface area contributed by atoms with Gasteiger partial charge in [0.25, 0.3) is 0 Å². The minimum Gasteiger partial charge on any atom is -0.377 e. The van der Waals surface area contributed by atoms with Crippen molar-refractivity contribution in [3.05, 3.63) is 0 Å². The molecule has 0 fully saturated rings. The molecule has 7 N–H and O–H groups in total. The van der Waals surface area contributed by atoms with E-state index in [9.17, 15) is 0 Å². The number of nitrogens with one attached hydrogen (secondary N) is 1. The quantitative estimate of drug-likeness (QED) is 0.0897. The smallest absolute Gasteiger partial charge is 0.203 e. The molecule has 0 aliphatic carbocycles. The Hall–Kier alpha value is -0.890. The van der Waals surface area contributed by atoms with Gasteiger partial charge in [-0.15, -0.1) is 0 Å². The topological polar surface area (TPSA) is 121 Å². The molecule has 0 saturated heterocycles. The van der Waals surface area contributed by atoms with Crippen LogP contribution in [0.5, 0.6) is 0 Å². The summed E-state index contributed by atoms with van der Waals surface area (Å²) in [5.74, 6) is 5.17. The molecule has 0 aromatic carbocycles. The predicted octanol–water partition coefficient (Wildman–Crippen LogP) is -2.29. The van der Waals surface area contributed by atoms with Crippen LogP contribution in [0, 0.1) is 0 Å². The van der Waals surface area contributed by atoms with Gasteiger partial charge in [-0.25, -0.2) is 10.8 Å². The van der Waals surface area contributed by atoms with Gasteiger partial charge in [-0.1, -0.05) is 0 Å². The molecule has 0 aliphatic rings. The molecule has 0 radical (unpaired) electrons. The summed E-state index contributed by atoms with van der Waals surface area (Å²) in [4.78, 5) is 3.83. The third kappa shape index (κ3) is 9.02. The molecule has 0 unspecified atom stereocenters. The van der Waals surface area contributed by atoms with E-state index in [1.807, 2.05) is 0 Å². The van der Waals surface area contributed by atoms with Crippen LogP contribution in [-0.2, 0) is 9.47 Å². The molecule has 0 atom stereocenters. The van der Waals surface area contributed by atoms with Crippen molar-refractivity contribution in [2.24, 2.45) is 22.3 Å². The molecule has 0 aromatic heterocycles. The fourth-order valence-corrected chi connectivity index (χ4v) is 0.580. The zero-order valence-electron chi connectivity index (χ0n) is 7.53. The lowest BCUT2D eigenvalue weighted by Gasteiger charge is -2.02. The van der Waals surface area contributed by atoms with Gasteiger partial charge in [-0.3, -0.25) is 5.43 Å². The average molecular weight is 191 g/mol. The van der Waals surface area contributed by atoms with Crippen LogP contribution in [0.4, 0.5) is 0 Å². The van der Waals surface area contributed by atoms with Crippen LogP contribution in [0.3, 0.4) is 0 Å². The second kappa shape index (κ2) is 9.20. The standard InChI is InChI=1S/C6H17N5O2/c7-5-13-4-3-12-2-1-10-6(8)11-9/h1-5,7,9H2,(H3,8,10,11). The van der Waals surface area contributed by atoms with Crippen LogP contribution in [0.2, 0.25) is 0 Å². The number of ether oxygens (including phenoxy) is 2. The van der Waals surface area contributed by atoms with Crippen LogP contribution in [0.15, 0.2) is 4.99 Å². The van der Waals surface area contributed by atoms with Gasteiger partial charge >= 0.3 is 0 Å². The highest BCUT2D eigenvalue weighted by molar-refractivity contribution is 5.77. The molecule has 0 saturated carbocycles. The van der Waals surface area contributed by atoms with Gasteiger partial charge in [0.2, 0.25) is 5.96 Å². The minimum absolute atomic E-state index is 0.196. The molecule has 0 bridgehead atoms. The zero-order chi connectivity index (χ0) is 9.94. The van der Waals surface area contributed by atoms with Gasteiger partial charge in [0.05, 0.1) is 33.1 Å². The number of hydrazine groups is 1. The average Bonchev–Trinajstić information content (AvgIpc) is 2.16. The van der Waals surface area contributed by atoms with Crippen molar-refractivity contribution in [2.75, 3.05) is 33.1 Å². The lowest BCUT2D eigenvalue weighted by Crippen LogP contribution is -2.37. The van der Waals surface area contributed by atoms with Crippen LogP contribution >= 0.6 is 0 Å². The monoisotopic (exact) mass is 191 g/mol. The minimum atomic E-state index is 0.196. The molecule has 0 amide bonds. The maximum atomic E-state index is 5.25. The van der Waals surface area contributed by atoms with Gasteiger partial charge < -0.3 is 20.9 Å². The SMILES string of the molecule is NCOCCOCCN=C(N)NN. The number of hydrogen-bond acceptors (Lipinski definition) is 5. The van der Waals surface area contributed by atoms with Crippen molar-refractivity contribution in [1.29, 1.82) is 0 Å². The van der Waals surface area contributed by atoms with E-state index < -0.39 is 0 Å². The predicted molar refractivity (Wildman–Crippen MR) is 49.6 cm³/mol. The Morgan fingerprint density at radius 2 is 1.92 bits per heavy atom. The van der Waals surface area contributed by atoms with Gasteiger partial charge in [0, 0.05) is 0 Å². The number of guanidine groups is 1. The van der Waals surface area contributed by atoms with E-state index in [0.29, 0.717) is 26.4 Å². The summed E-state index contributed by atoms with van der Waals surface area (Å²) in [5, 5.41) is 0.